The van der Waals surface area contributed by atoms with Crippen LogP contribution in [0, 0.1) is 13.8 Å². The topological polar surface area (TPSA) is 78.2 Å². The summed E-state index contributed by atoms with van der Waals surface area (Å²) >= 11 is 6.45. The molecule has 0 saturated heterocycles. The molecule has 0 bridgehead atoms. The van der Waals surface area contributed by atoms with Gasteiger partial charge in [-0.1, -0.05) is 17.7 Å². The van der Waals surface area contributed by atoms with E-state index in [1.54, 1.807) is 30.3 Å². The second kappa shape index (κ2) is 10.1. The van der Waals surface area contributed by atoms with Crippen molar-refractivity contribution in [2.75, 3.05) is 25.2 Å². The summed E-state index contributed by atoms with van der Waals surface area (Å²) in [6, 6.07) is 13.3. The van der Waals surface area contributed by atoms with Gasteiger partial charge in [-0.15, -0.1) is 0 Å². The number of hydrogen-bond donors (Lipinski definition) is 0. The molecule has 0 N–H and O–H groups in total. The van der Waals surface area contributed by atoms with E-state index in [9.17, 15) is 9.59 Å². The first-order valence-electron chi connectivity index (χ1n) is 12.4. The van der Waals surface area contributed by atoms with E-state index in [4.69, 9.17) is 30.2 Å². The van der Waals surface area contributed by atoms with Gasteiger partial charge in [0.1, 0.15) is 11.3 Å². The van der Waals surface area contributed by atoms with Crippen LogP contribution in [0.3, 0.4) is 0 Å². The van der Waals surface area contributed by atoms with Gasteiger partial charge in [0.2, 0.25) is 5.76 Å². The number of anilines is 1. The molecule has 38 heavy (non-hydrogen) atoms. The van der Waals surface area contributed by atoms with E-state index < -0.39 is 11.9 Å². The lowest BCUT2D eigenvalue weighted by Gasteiger charge is -2.26. The lowest BCUT2D eigenvalue weighted by molar-refractivity contribution is 0.0971. The van der Waals surface area contributed by atoms with Crippen molar-refractivity contribution in [3.63, 3.8) is 0 Å². The van der Waals surface area contributed by atoms with E-state index in [1.807, 2.05) is 45.9 Å². The van der Waals surface area contributed by atoms with Crippen LogP contribution in [0.5, 0.6) is 17.2 Å². The van der Waals surface area contributed by atoms with Gasteiger partial charge in [0.15, 0.2) is 16.9 Å². The van der Waals surface area contributed by atoms with Crippen LogP contribution < -0.4 is 24.5 Å². The quantitative estimate of drug-likeness (QED) is 0.266. The fraction of sp³-hybridized carbons (Fsp3) is 0.267. The second-order valence-electron chi connectivity index (χ2n) is 9.08. The van der Waals surface area contributed by atoms with Crippen molar-refractivity contribution in [3.8, 4) is 17.2 Å². The smallest absolute Gasteiger partial charge is 0.295 e. The maximum Gasteiger partial charge on any atom is 0.295 e. The summed E-state index contributed by atoms with van der Waals surface area (Å²) in [4.78, 5) is 29.5. The van der Waals surface area contributed by atoms with Gasteiger partial charge < -0.3 is 18.6 Å². The number of hydrogen-bond acceptors (Lipinski definition) is 6. The molecule has 0 fully saturated rings. The Morgan fingerprint density at radius 1 is 0.895 bits per heavy atom. The average molecular weight is 534 g/mol. The van der Waals surface area contributed by atoms with Gasteiger partial charge in [-0.25, -0.2) is 0 Å². The highest BCUT2D eigenvalue weighted by Gasteiger charge is 2.44. The number of aryl methyl sites for hydroxylation is 2. The number of carbonyl (C=O) groups is 1. The highest BCUT2D eigenvalue weighted by molar-refractivity contribution is 6.32. The largest absolute Gasteiger partial charge is 0.495 e. The van der Waals surface area contributed by atoms with Crippen LogP contribution in [-0.2, 0) is 0 Å². The van der Waals surface area contributed by atoms with E-state index in [1.165, 1.54) is 12.0 Å². The van der Waals surface area contributed by atoms with E-state index in [0.717, 1.165) is 11.1 Å². The molecule has 0 saturated carbocycles. The van der Waals surface area contributed by atoms with Crippen molar-refractivity contribution in [3.05, 3.63) is 91.8 Å². The summed E-state index contributed by atoms with van der Waals surface area (Å²) < 4.78 is 23.0. The molecule has 4 aromatic rings. The van der Waals surface area contributed by atoms with E-state index >= 15 is 0 Å². The van der Waals surface area contributed by atoms with Crippen molar-refractivity contribution in [2.45, 2.75) is 33.7 Å². The van der Waals surface area contributed by atoms with Crippen LogP contribution >= 0.6 is 11.6 Å². The SMILES string of the molecule is CCOc1ccc(C2c3c(oc4cc(C)c(C)cc4c3=O)C(=O)N2c2ccc(OC)c(Cl)c2)cc1OCC. The highest BCUT2D eigenvalue weighted by atomic mass is 35.5. The minimum absolute atomic E-state index is 0.00883. The zero-order valence-corrected chi connectivity index (χ0v) is 22.6. The van der Waals surface area contributed by atoms with Gasteiger partial charge in [-0.3, -0.25) is 14.5 Å². The van der Waals surface area contributed by atoms with Crippen LogP contribution in [-0.4, -0.2) is 26.2 Å². The molecule has 1 aromatic heterocycles. The minimum atomic E-state index is -0.779. The Kier molecular flexibility index (Phi) is 6.80. The first kappa shape index (κ1) is 25.7. The summed E-state index contributed by atoms with van der Waals surface area (Å²) in [5.41, 5.74) is 3.49. The predicted octanol–water partition coefficient (Wildman–Crippen LogP) is 6.62. The lowest BCUT2D eigenvalue weighted by Crippen LogP contribution is -2.29. The summed E-state index contributed by atoms with van der Waals surface area (Å²) in [5, 5.41) is 0.764. The van der Waals surface area contributed by atoms with Crippen molar-refractivity contribution in [2.24, 2.45) is 0 Å². The van der Waals surface area contributed by atoms with E-state index in [2.05, 4.69) is 0 Å². The molecule has 2 heterocycles. The number of benzene rings is 3. The van der Waals surface area contributed by atoms with Crippen molar-refractivity contribution >= 4 is 34.2 Å². The molecule has 1 aliphatic rings. The Balaban J connectivity index is 1.79. The number of nitrogens with zero attached hydrogens (tertiary/aromatic N) is 1. The zero-order valence-electron chi connectivity index (χ0n) is 21.9. The Hall–Kier alpha value is -3.97. The Morgan fingerprint density at radius 2 is 1.58 bits per heavy atom. The molecule has 0 radical (unpaired) electrons. The maximum absolute atomic E-state index is 14.0. The lowest BCUT2D eigenvalue weighted by atomic mass is 9.97. The van der Waals surface area contributed by atoms with Gasteiger partial charge >= 0.3 is 0 Å². The molecular formula is C30H28ClNO6. The molecule has 0 spiro atoms. The Labute approximate surface area is 225 Å². The third-order valence-electron chi connectivity index (χ3n) is 6.78. The molecule has 1 atom stereocenters. The van der Waals surface area contributed by atoms with Gasteiger partial charge in [-0.2, -0.15) is 0 Å². The van der Waals surface area contributed by atoms with Gasteiger partial charge in [0.05, 0.1) is 42.3 Å². The molecule has 1 unspecified atom stereocenters. The van der Waals surface area contributed by atoms with Crippen molar-refractivity contribution in [1.82, 2.24) is 0 Å². The monoisotopic (exact) mass is 533 g/mol. The molecule has 3 aromatic carbocycles. The van der Waals surface area contributed by atoms with Gasteiger partial charge in [-0.05, 0) is 86.8 Å². The van der Waals surface area contributed by atoms with E-state index in [-0.39, 0.29) is 16.8 Å². The van der Waals surface area contributed by atoms with Crippen LogP contribution in [0.1, 0.15) is 52.7 Å². The van der Waals surface area contributed by atoms with Crippen LogP contribution in [0.25, 0.3) is 11.0 Å². The number of amides is 1. The van der Waals surface area contributed by atoms with Crippen LogP contribution in [0.4, 0.5) is 5.69 Å². The number of carbonyl (C=O) groups excluding carboxylic acids is 1. The number of fused-ring (bicyclic) bond motifs is 2. The van der Waals surface area contributed by atoms with Gasteiger partial charge in [0.25, 0.3) is 5.91 Å². The molecule has 7 nitrogen and oxygen atoms in total. The number of halogens is 1. The maximum atomic E-state index is 14.0. The molecule has 196 valence electrons. The molecule has 0 aliphatic carbocycles. The number of methoxy groups -OCH3 is 1. The van der Waals surface area contributed by atoms with Crippen LogP contribution in [0.2, 0.25) is 5.02 Å². The van der Waals surface area contributed by atoms with Gasteiger partial charge in [0, 0.05) is 5.69 Å². The normalized spacial score (nSPS) is 14.6. The summed E-state index contributed by atoms with van der Waals surface area (Å²) in [7, 11) is 1.52. The minimum Gasteiger partial charge on any atom is -0.495 e. The standard InChI is InChI=1S/C30H28ClNO6/c1-6-36-23-10-8-18(14-25(23)37-7-2)27-26-28(33)20-12-16(3)17(4)13-24(20)38-29(26)30(34)32(27)19-9-11-22(35-5)21(31)15-19/h8-15,27H,6-7H2,1-5H3. The summed E-state index contributed by atoms with van der Waals surface area (Å²) in [6.45, 7) is 8.55. The third-order valence-corrected chi connectivity index (χ3v) is 7.08. The average Bonchev–Trinajstić information content (AvgIpc) is 3.19. The molecule has 8 heteroatoms. The molecule has 1 amide bonds. The summed E-state index contributed by atoms with van der Waals surface area (Å²) in [6.07, 6.45) is 0. The number of rotatable bonds is 7. The zero-order chi connectivity index (χ0) is 27.1. The molecule has 5 rings (SSSR count). The first-order chi connectivity index (χ1) is 18.3. The second-order valence-corrected chi connectivity index (χ2v) is 9.48. The fourth-order valence-electron chi connectivity index (χ4n) is 4.85. The summed E-state index contributed by atoms with van der Waals surface area (Å²) in [5.74, 6) is 1.15. The van der Waals surface area contributed by atoms with Crippen LogP contribution in [0.15, 0.2) is 57.7 Å². The fourth-order valence-corrected chi connectivity index (χ4v) is 5.10. The first-order valence-corrected chi connectivity index (χ1v) is 12.8. The van der Waals surface area contributed by atoms with Crippen molar-refractivity contribution < 1.29 is 23.4 Å². The molecule has 1 aliphatic heterocycles. The highest BCUT2D eigenvalue weighted by Crippen LogP contribution is 2.44. The predicted molar refractivity (Wildman–Crippen MR) is 147 cm³/mol. The van der Waals surface area contributed by atoms with Crippen molar-refractivity contribution in [1.29, 1.82) is 0 Å². The Morgan fingerprint density at radius 3 is 2.26 bits per heavy atom. The number of ether oxygens (including phenoxy) is 3. The molecular weight excluding hydrogens is 506 g/mol. The third kappa shape index (κ3) is 4.17. The van der Waals surface area contributed by atoms with E-state index in [0.29, 0.717) is 57.7 Å². The Bertz CT molecular complexity index is 1630.